The van der Waals surface area contributed by atoms with Gasteiger partial charge in [0.2, 0.25) is 0 Å². The van der Waals surface area contributed by atoms with Gasteiger partial charge in [0.15, 0.2) is 0 Å². The highest BCUT2D eigenvalue weighted by Gasteiger charge is 2.09. The third-order valence-corrected chi connectivity index (χ3v) is 2.67. The summed E-state index contributed by atoms with van der Waals surface area (Å²) < 4.78 is 11.2. The van der Waals surface area contributed by atoms with Gasteiger partial charge in [-0.15, -0.1) is 0 Å². The second-order valence-electron chi connectivity index (χ2n) is 5.58. The molecular formula is C15H25NO2. The number of benzene rings is 1. The molecule has 0 atom stereocenters. The average Bonchev–Trinajstić information content (AvgIpc) is 2.32. The van der Waals surface area contributed by atoms with Gasteiger partial charge in [0.1, 0.15) is 12.4 Å². The van der Waals surface area contributed by atoms with Gasteiger partial charge in [-0.2, -0.15) is 0 Å². The van der Waals surface area contributed by atoms with Crippen LogP contribution in [0.2, 0.25) is 0 Å². The average molecular weight is 251 g/mol. The second kappa shape index (κ2) is 7.39. The van der Waals surface area contributed by atoms with E-state index in [4.69, 9.17) is 15.2 Å². The largest absolute Gasteiger partial charge is 0.491 e. The second-order valence-corrected chi connectivity index (χ2v) is 5.58. The predicted octanol–water partition coefficient (Wildman–Crippen LogP) is 2.98. The first kappa shape index (κ1) is 15.0. The van der Waals surface area contributed by atoms with Gasteiger partial charge >= 0.3 is 0 Å². The molecule has 1 aromatic carbocycles. The smallest absolute Gasteiger partial charge is 0.123 e. The number of ether oxygens (including phenoxy) is 2. The summed E-state index contributed by atoms with van der Waals surface area (Å²) in [7, 11) is 0. The van der Waals surface area contributed by atoms with Crippen molar-refractivity contribution in [2.75, 3.05) is 19.8 Å². The van der Waals surface area contributed by atoms with E-state index >= 15 is 0 Å². The van der Waals surface area contributed by atoms with Crippen LogP contribution in [-0.2, 0) is 11.3 Å². The molecule has 0 saturated heterocycles. The van der Waals surface area contributed by atoms with Crippen LogP contribution in [0, 0.1) is 5.41 Å². The van der Waals surface area contributed by atoms with E-state index in [2.05, 4.69) is 20.8 Å². The van der Waals surface area contributed by atoms with Crippen LogP contribution in [0.25, 0.3) is 0 Å². The predicted molar refractivity (Wildman–Crippen MR) is 74.7 cm³/mol. The molecule has 0 saturated carbocycles. The molecule has 0 fully saturated rings. The first-order valence-electron chi connectivity index (χ1n) is 6.51. The van der Waals surface area contributed by atoms with E-state index in [1.807, 2.05) is 24.3 Å². The standard InChI is InChI=1S/C15H25NO2/c1-15(2,3)8-9-17-10-11-18-14-7-5-4-6-13(14)12-16/h4-7H,8-12,16H2,1-3H3. The molecule has 0 aliphatic carbocycles. The Morgan fingerprint density at radius 2 is 1.78 bits per heavy atom. The van der Waals surface area contributed by atoms with Crippen LogP contribution < -0.4 is 10.5 Å². The highest BCUT2D eigenvalue weighted by molar-refractivity contribution is 5.32. The van der Waals surface area contributed by atoms with Crippen molar-refractivity contribution in [2.45, 2.75) is 33.7 Å². The lowest BCUT2D eigenvalue weighted by atomic mass is 9.93. The van der Waals surface area contributed by atoms with Crippen molar-refractivity contribution >= 4 is 0 Å². The molecule has 18 heavy (non-hydrogen) atoms. The zero-order valence-electron chi connectivity index (χ0n) is 11.7. The number of nitrogens with two attached hydrogens (primary N) is 1. The zero-order valence-corrected chi connectivity index (χ0v) is 11.7. The Balaban J connectivity index is 2.18. The lowest BCUT2D eigenvalue weighted by molar-refractivity contribution is 0.0816. The zero-order chi connectivity index (χ0) is 13.4. The summed E-state index contributed by atoms with van der Waals surface area (Å²) in [6, 6.07) is 7.84. The Labute approximate surface area is 110 Å². The molecule has 0 aliphatic rings. The third kappa shape index (κ3) is 6.03. The molecule has 0 aromatic heterocycles. The SMILES string of the molecule is CC(C)(C)CCOCCOc1ccccc1CN. The first-order valence-corrected chi connectivity index (χ1v) is 6.51. The molecule has 3 nitrogen and oxygen atoms in total. The van der Waals surface area contributed by atoms with Crippen LogP contribution in [0.1, 0.15) is 32.8 Å². The lowest BCUT2D eigenvalue weighted by Gasteiger charge is -2.17. The number of hydrogen-bond donors (Lipinski definition) is 1. The van der Waals surface area contributed by atoms with Gasteiger partial charge in [0.05, 0.1) is 6.61 Å². The Kier molecular flexibility index (Phi) is 6.16. The minimum atomic E-state index is 0.326. The van der Waals surface area contributed by atoms with Crippen molar-refractivity contribution in [3.63, 3.8) is 0 Å². The Hall–Kier alpha value is -1.06. The molecule has 0 bridgehead atoms. The minimum Gasteiger partial charge on any atom is -0.491 e. The van der Waals surface area contributed by atoms with Gasteiger partial charge in [-0.25, -0.2) is 0 Å². The number of hydrogen-bond acceptors (Lipinski definition) is 3. The van der Waals surface area contributed by atoms with Crippen LogP contribution in [0.15, 0.2) is 24.3 Å². The van der Waals surface area contributed by atoms with E-state index in [9.17, 15) is 0 Å². The van der Waals surface area contributed by atoms with Crippen LogP contribution in [0.3, 0.4) is 0 Å². The molecular weight excluding hydrogens is 226 g/mol. The molecule has 1 aromatic rings. The van der Waals surface area contributed by atoms with Gasteiger partial charge < -0.3 is 15.2 Å². The maximum Gasteiger partial charge on any atom is 0.123 e. The van der Waals surface area contributed by atoms with E-state index in [0.717, 1.165) is 24.3 Å². The fraction of sp³-hybridized carbons (Fsp3) is 0.600. The van der Waals surface area contributed by atoms with Gasteiger partial charge in [0, 0.05) is 18.7 Å². The van der Waals surface area contributed by atoms with Gasteiger partial charge in [0.25, 0.3) is 0 Å². The third-order valence-electron chi connectivity index (χ3n) is 2.67. The Bertz CT molecular complexity index is 345. The molecule has 0 unspecified atom stereocenters. The normalized spacial score (nSPS) is 11.6. The van der Waals surface area contributed by atoms with Gasteiger partial charge in [-0.3, -0.25) is 0 Å². The summed E-state index contributed by atoms with van der Waals surface area (Å²) in [6.07, 6.45) is 1.06. The van der Waals surface area contributed by atoms with Crippen LogP contribution in [0.5, 0.6) is 5.75 Å². The minimum absolute atomic E-state index is 0.326. The Morgan fingerprint density at radius 3 is 2.44 bits per heavy atom. The van der Waals surface area contributed by atoms with E-state index in [1.165, 1.54) is 0 Å². The van der Waals surface area contributed by atoms with Crippen molar-refractivity contribution in [1.82, 2.24) is 0 Å². The Morgan fingerprint density at radius 1 is 1.06 bits per heavy atom. The highest BCUT2D eigenvalue weighted by atomic mass is 16.5. The summed E-state index contributed by atoms with van der Waals surface area (Å²) in [5.41, 5.74) is 7.00. The maximum absolute atomic E-state index is 5.66. The van der Waals surface area contributed by atoms with Crippen molar-refractivity contribution in [2.24, 2.45) is 11.1 Å². The molecule has 3 heteroatoms. The topological polar surface area (TPSA) is 44.5 Å². The molecule has 0 radical (unpaired) electrons. The van der Waals surface area contributed by atoms with Gasteiger partial charge in [-0.05, 0) is 17.9 Å². The van der Waals surface area contributed by atoms with Crippen LogP contribution >= 0.6 is 0 Å². The lowest BCUT2D eigenvalue weighted by Crippen LogP contribution is -2.13. The monoisotopic (exact) mass is 251 g/mol. The van der Waals surface area contributed by atoms with Crippen molar-refractivity contribution in [3.05, 3.63) is 29.8 Å². The van der Waals surface area contributed by atoms with E-state index < -0.39 is 0 Å². The summed E-state index contributed by atoms with van der Waals surface area (Å²) in [5, 5.41) is 0. The fourth-order valence-electron chi connectivity index (χ4n) is 1.50. The van der Waals surface area contributed by atoms with Crippen molar-refractivity contribution < 1.29 is 9.47 Å². The van der Waals surface area contributed by atoms with Crippen molar-refractivity contribution in [3.8, 4) is 5.75 Å². The molecule has 0 spiro atoms. The van der Waals surface area contributed by atoms with E-state index in [0.29, 0.717) is 25.2 Å². The molecule has 1 rings (SSSR count). The summed E-state index contributed by atoms with van der Waals surface area (Å²) in [4.78, 5) is 0. The van der Waals surface area contributed by atoms with Crippen LogP contribution in [-0.4, -0.2) is 19.8 Å². The molecule has 2 N–H and O–H groups in total. The van der Waals surface area contributed by atoms with Gasteiger partial charge in [-0.1, -0.05) is 39.0 Å². The van der Waals surface area contributed by atoms with E-state index in [1.54, 1.807) is 0 Å². The molecule has 0 aliphatic heterocycles. The molecule has 0 heterocycles. The number of rotatable bonds is 7. The fourth-order valence-corrected chi connectivity index (χ4v) is 1.50. The molecule has 102 valence electrons. The molecule has 0 amide bonds. The number of para-hydroxylation sites is 1. The van der Waals surface area contributed by atoms with Crippen LogP contribution in [0.4, 0.5) is 0 Å². The van der Waals surface area contributed by atoms with E-state index in [-0.39, 0.29) is 0 Å². The summed E-state index contributed by atoms with van der Waals surface area (Å²) >= 11 is 0. The maximum atomic E-state index is 5.66. The van der Waals surface area contributed by atoms with Crippen molar-refractivity contribution in [1.29, 1.82) is 0 Å². The summed E-state index contributed by atoms with van der Waals surface area (Å²) in [6.45, 7) is 9.11. The summed E-state index contributed by atoms with van der Waals surface area (Å²) in [5.74, 6) is 0.861. The highest BCUT2D eigenvalue weighted by Crippen LogP contribution is 2.18. The first-order chi connectivity index (χ1) is 8.53. The quantitative estimate of drug-likeness (QED) is 0.758.